The first-order valence-corrected chi connectivity index (χ1v) is 3.98. The maximum Gasteiger partial charge on any atom is 0.187 e. The second-order valence-electron chi connectivity index (χ2n) is 2.85. The van der Waals surface area contributed by atoms with Crippen LogP contribution < -0.4 is 4.74 Å². The first kappa shape index (κ1) is 7.81. The van der Waals surface area contributed by atoms with Gasteiger partial charge < -0.3 is 4.74 Å². The van der Waals surface area contributed by atoms with Gasteiger partial charge in [-0.3, -0.25) is 4.79 Å². The fourth-order valence-electron chi connectivity index (χ4n) is 1.33. The molecule has 1 heterocycles. The van der Waals surface area contributed by atoms with Crippen molar-refractivity contribution in [1.29, 1.82) is 5.26 Å². The minimum Gasteiger partial charge on any atom is -0.491 e. The summed E-state index contributed by atoms with van der Waals surface area (Å²) < 4.78 is 5.25. The van der Waals surface area contributed by atoms with Gasteiger partial charge in [-0.05, 0) is 12.1 Å². The summed E-state index contributed by atoms with van der Waals surface area (Å²) in [4.78, 5) is 11.5. The van der Waals surface area contributed by atoms with Crippen molar-refractivity contribution in [1.82, 2.24) is 0 Å². The van der Waals surface area contributed by atoms with E-state index in [-0.39, 0.29) is 12.4 Å². The van der Waals surface area contributed by atoms with Gasteiger partial charge >= 0.3 is 0 Å². The molecule has 0 N–H and O–H groups in total. The van der Waals surface area contributed by atoms with Crippen LogP contribution in [0.4, 0.5) is 0 Å². The third kappa shape index (κ3) is 1.17. The second kappa shape index (κ2) is 2.91. The van der Waals surface area contributed by atoms with Crippen LogP contribution in [0.1, 0.15) is 10.4 Å². The smallest absolute Gasteiger partial charge is 0.187 e. The third-order valence-corrected chi connectivity index (χ3v) is 2.03. The molecule has 1 atom stereocenters. The zero-order valence-electron chi connectivity index (χ0n) is 6.86. The number of carbonyl (C=O) groups excluding carboxylic acids is 1. The van der Waals surface area contributed by atoms with E-state index in [1.165, 1.54) is 0 Å². The number of ether oxygens (including phenoxy) is 1. The second-order valence-corrected chi connectivity index (χ2v) is 2.85. The lowest BCUT2D eigenvalue weighted by Crippen LogP contribution is -2.26. The van der Waals surface area contributed by atoms with Gasteiger partial charge in [0.25, 0.3) is 0 Å². The minimum absolute atomic E-state index is 0.135. The van der Waals surface area contributed by atoms with E-state index in [9.17, 15) is 4.79 Å². The topological polar surface area (TPSA) is 50.1 Å². The van der Waals surface area contributed by atoms with Gasteiger partial charge in [-0.2, -0.15) is 5.26 Å². The molecule has 0 amide bonds. The van der Waals surface area contributed by atoms with Gasteiger partial charge in [0.15, 0.2) is 5.78 Å². The standard InChI is InChI=1S/C10H7NO2/c11-5-7-6-13-9-4-2-1-3-8(9)10(7)12/h1-4,7H,6H2. The SMILES string of the molecule is N#CC1COc2ccccc2C1=O. The summed E-state index contributed by atoms with van der Waals surface area (Å²) >= 11 is 0. The van der Waals surface area contributed by atoms with Crippen LogP contribution in [0.15, 0.2) is 24.3 Å². The predicted molar refractivity (Wildman–Crippen MR) is 45.4 cm³/mol. The summed E-state index contributed by atoms with van der Waals surface area (Å²) in [6, 6.07) is 8.91. The third-order valence-electron chi connectivity index (χ3n) is 2.03. The molecule has 0 saturated heterocycles. The maximum atomic E-state index is 11.5. The van der Waals surface area contributed by atoms with Gasteiger partial charge in [0.1, 0.15) is 18.3 Å². The fraction of sp³-hybridized carbons (Fsp3) is 0.200. The summed E-state index contributed by atoms with van der Waals surface area (Å²) in [5, 5.41) is 8.64. The number of para-hydroxylation sites is 1. The predicted octanol–water partition coefficient (Wildman–Crippen LogP) is 1.40. The van der Waals surface area contributed by atoms with Crippen LogP contribution in [0.25, 0.3) is 0 Å². The highest BCUT2D eigenvalue weighted by molar-refractivity contribution is 6.02. The summed E-state index contributed by atoms with van der Waals surface area (Å²) in [5.41, 5.74) is 0.514. The van der Waals surface area contributed by atoms with Crippen LogP contribution in [0, 0.1) is 17.2 Å². The van der Waals surface area contributed by atoms with E-state index in [0.717, 1.165) is 0 Å². The normalized spacial score (nSPS) is 19.9. The van der Waals surface area contributed by atoms with Gasteiger partial charge in [0, 0.05) is 0 Å². The van der Waals surface area contributed by atoms with Crippen LogP contribution in [0.5, 0.6) is 5.75 Å². The molecule has 1 aromatic carbocycles. The largest absolute Gasteiger partial charge is 0.491 e. The van der Waals surface area contributed by atoms with Gasteiger partial charge in [0.2, 0.25) is 0 Å². The van der Waals surface area contributed by atoms with Gasteiger partial charge in [-0.15, -0.1) is 0 Å². The average Bonchev–Trinajstić information content (AvgIpc) is 2.19. The lowest BCUT2D eigenvalue weighted by molar-refractivity contribution is 0.0879. The van der Waals surface area contributed by atoms with Gasteiger partial charge in [0.05, 0.1) is 11.6 Å². The van der Waals surface area contributed by atoms with E-state index < -0.39 is 5.92 Å². The Morgan fingerprint density at radius 3 is 3.00 bits per heavy atom. The average molecular weight is 173 g/mol. The Balaban J connectivity index is 2.46. The number of fused-ring (bicyclic) bond motifs is 1. The van der Waals surface area contributed by atoms with E-state index in [0.29, 0.717) is 11.3 Å². The summed E-state index contributed by atoms with van der Waals surface area (Å²) in [7, 11) is 0. The Kier molecular flexibility index (Phi) is 1.75. The van der Waals surface area contributed by atoms with Crippen molar-refractivity contribution in [3.05, 3.63) is 29.8 Å². The number of Topliss-reactive ketones (excluding diaryl/α,β-unsaturated/α-hetero) is 1. The highest BCUT2D eigenvalue weighted by Gasteiger charge is 2.27. The molecule has 0 bridgehead atoms. The highest BCUT2D eigenvalue weighted by Crippen LogP contribution is 2.26. The minimum atomic E-state index is -0.644. The molecule has 64 valence electrons. The lowest BCUT2D eigenvalue weighted by Gasteiger charge is -2.18. The number of hydrogen-bond acceptors (Lipinski definition) is 3. The molecular weight excluding hydrogens is 166 g/mol. The van der Waals surface area contributed by atoms with Crippen molar-refractivity contribution in [3.63, 3.8) is 0 Å². The first-order chi connectivity index (χ1) is 6.33. The first-order valence-electron chi connectivity index (χ1n) is 3.98. The molecule has 0 saturated carbocycles. The quantitative estimate of drug-likeness (QED) is 0.595. The molecule has 1 aromatic rings. The van der Waals surface area contributed by atoms with E-state index in [1.807, 2.05) is 6.07 Å². The number of nitriles is 1. The molecule has 13 heavy (non-hydrogen) atoms. The molecule has 1 unspecified atom stereocenters. The van der Waals surface area contributed by atoms with Crippen molar-refractivity contribution in [3.8, 4) is 11.8 Å². The van der Waals surface area contributed by atoms with Gasteiger partial charge in [-0.25, -0.2) is 0 Å². The van der Waals surface area contributed by atoms with E-state index >= 15 is 0 Å². The Morgan fingerprint density at radius 2 is 2.23 bits per heavy atom. The van der Waals surface area contributed by atoms with E-state index in [4.69, 9.17) is 10.00 Å². The number of benzene rings is 1. The van der Waals surface area contributed by atoms with Gasteiger partial charge in [-0.1, -0.05) is 12.1 Å². The van der Waals surface area contributed by atoms with E-state index in [2.05, 4.69) is 0 Å². The molecule has 3 nitrogen and oxygen atoms in total. The van der Waals surface area contributed by atoms with Crippen LogP contribution >= 0.6 is 0 Å². The van der Waals surface area contributed by atoms with Crippen LogP contribution in [-0.4, -0.2) is 12.4 Å². The number of carbonyl (C=O) groups is 1. The molecule has 3 heteroatoms. The van der Waals surface area contributed by atoms with Crippen LogP contribution in [0.3, 0.4) is 0 Å². The molecule has 0 radical (unpaired) electrons. The van der Waals surface area contributed by atoms with Crippen LogP contribution in [0.2, 0.25) is 0 Å². The van der Waals surface area contributed by atoms with Crippen molar-refractivity contribution >= 4 is 5.78 Å². The summed E-state index contributed by atoms with van der Waals surface area (Å²) in [5.74, 6) is -0.196. The molecular formula is C10H7NO2. The number of rotatable bonds is 0. The van der Waals surface area contributed by atoms with Crippen molar-refractivity contribution in [2.75, 3.05) is 6.61 Å². The van der Waals surface area contributed by atoms with Crippen LogP contribution in [-0.2, 0) is 0 Å². The Labute approximate surface area is 75.6 Å². The van der Waals surface area contributed by atoms with Crippen molar-refractivity contribution < 1.29 is 9.53 Å². The zero-order valence-corrected chi connectivity index (χ0v) is 6.86. The van der Waals surface area contributed by atoms with Crippen molar-refractivity contribution in [2.45, 2.75) is 0 Å². The molecule has 1 aliphatic heterocycles. The lowest BCUT2D eigenvalue weighted by atomic mass is 9.96. The Morgan fingerprint density at radius 1 is 1.46 bits per heavy atom. The van der Waals surface area contributed by atoms with E-state index in [1.54, 1.807) is 24.3 Å². The Hall–Kier alpha value is -1.82. The molecule has 0 aromatic heterocycles. The molecule has 0 fully saturated rings. The summed E-state index contributed by atoms with van der Waals surface area (Å²) in [6.45, 7) is 0.173. The number of ketones is 1. The summed E-state index contributed by atoms with van der Waals surface area (Å²) in [6.07, 6.45) is 0. The fourth-order valence-corrected chi connectivity index (χ4v) is 1.33. The maximum absolute atomic E-state index is 11.5. The Bertz CT molecular complexity index is 392. The molecule has 1 aliphatic rings. The zero-order chi connectivity index (χ0) is 9.26. The molecule has 0 spiro atoms. The molecule has 0 aliphatic carbocycles. The molecule has 2 rings (SSSR count). The highest BCUT2D eigenvalue weighted by atomic mass is 16.5. The monoisotopic (exact) mass is 173 g/mol. The van der Waals surface area contributed by atoms with Crippen molar-refractivity contribution in [2.24, 2.45) is 5.92 Å². The number of nitrogens with zero attached hydrogens (tertiary/aromatic N) is 1. The number of hydrogen-bond donors (Lipinski definition) is 0.